The van der Waals surface area contributed by atoms with Gasteiger partial charge in [0.1, 0.15) is 0 Å². The molecule has 1 N–H and O–H groups in total. The lowest BCUT2D eigenvalue weighted by atomic mass is 10.1. The van der Waals surface area contributed by atoms with Crippen molar-refractivity contribution in [1.82, 2.24) is 9.88 Å². The maximum absolute atomic E-state index is 13.2. The van der Waals surface area contributed by atoms with E-state index in [1.807, 2.05) is 6.07 Å². The molecule has 0 saturated carbocycles. The molecule has 31 heavy (non-hydrogen) atoms. The minimum absolute atomic E-state index is 0.0781. The van der Waals surface area contributed by atoms with E-state index in [4.69, 9.17) is 9.15 Å². The van der Waals surface area contributed by atoms with Gasteiger partial charge in [0.05, 0.1) is 19.3 Å². The third-order valence-corrected chi connectivity index (χ3v) is 4.39. The maximum atomic E-state index is 13.2. The fourth-order valence-electron chi connectivity index (χ4n) is 2.94. The van der Waals surface area contributed by atoms with Crippen LogP contribution in [0.25, 0.3) is 0 Å². The van der Waals surface area contributed by atoms with Crippen LogP contribution in [0.5, 0.6) is 0 Å². The number of ether oxygens (including phenoxy) is 1. The van der Waals surface area contributed by atoms with Gasteiger partial charge in [-0.15, -0.1) is 0 Å². The Balaban J connectivity index is 1.75. The molecule has 0 aliphatic heterocycles. The topological polar surface area (TPSA) is 102 Å². The van der Waals surface area contributed by atoms with E-state index in [0.717, 1.165) is 5.56 Å². The second-order valence-corrected chi connectivity index (χ2v) is 6.66. The number of hydrogen-bond acceptors (Lipinski definition) is 6. The van der Waals surface area contributed by atoms with Crippen molar-refractivity contribution in [3.8, 4) is 0 Å². The second kappa shape index (κ2) is 10.7. The summed E-state index contributed by atoms with van der Waals surface area (Å²) in [5.74, 6) is -0.887. The van der Waals surface area contributed by atoms with Gasteiger partial charge >= 0.3 is 5.97 Å². The van der Waals surface area contributed by atoms with Crippen molar-refractivity contribution in [2.45, 2.75) is 19.9 Å². The van der Waals surface area contributed by atoms with E-state index in [9.17, 15) is 14.4 Å². The molecule has 0 bridgehead atoms. The molecule has 0 aliphatic rings. The van der Waals surface area contributed by atoms with Crippen molar-refractivity contribution in [3.63, 3.8) is 0 Å². The molecule has 0 radical (unpaired) electrons. The summed E-state index contributed by atoms with van der Waals surface area (Å²) >= 11 is 0. The number of esters is 1. The third-order valence-electron chi connectivity index (χ3n) is 4.39. The van der Waals surface area contributed by atoms with E-state index >= 15 is 0 Å². The minimum Gasteiger partial charge on any atom is -0.466 e. The zero-order valence-corrected chi connectivity index (χ0v) is 17.1. The molecule has 0 unspecified atom stereocenters. The second-order valence-electron chi connectivity index (χ2n) is 6.66. The van der Waals surface area contributed by atoms with Crippen molar-refractivity contribution >= 4 is 23.5 Å². The van der Waals surface area contributed by atoms with Gasteiger partial charge in [0.15, 0.2) is 5.76 Å². The smallest absolute Gasteiger partial charge is 0.307 e. The van der Waals surface area contributed by atoms with Gasteiger partial charge in [-0.25, -0.2) is 0 Å². The van der Waals surface area contributed by atoms with Crippen molar-refractivity contribution in [3.05, 3.63) is 84.1 Å². The first-order valence-corrected chi connectivity index (χ1v) is 9.85. The summed E-state index contributed by atoms with van der Waals surface area (Å²) in [5, 5.41) is 2.71. The fraction of sp³-hybridized carbons (Fsp3) is 0.217. The van der Waals surface area contributed by atoms with Crippen LogP contribution in [0.15, 0.2) is 71.6 Å². The van der Waals surface area contributed by atoms with Gasteiger partial charge in [0.25, 0.3) is 11.8 Å². The molecule has 0 saturated heterocycles. The molecule has 8 heteroatoms. The number of pyridine rings is 1. The van der Waals surface area contributed by atoms with Crippen molar-refractivity contribution in [2.24, 2.45) is 0 Å². The number of carbonyl (C=O) groups excluding carboxylic acids is 3. The Kier molecular flexibility index (Phi) is 7.53. The van der Waals surface area contributed by atoms with E-state index in [1.165, 1.54) is 6.26 Å². The summed E-state index contributed by atoms with van der Waals surface area (Å²) in [5.41, 5.74) is 1.67. The van der Waals surface area contributed by atoms with Gasteiger partial charge in [-0.1, -0.05) is 12.1 Å². The molecule has 3 aromatic rings. The van der Waals surface area contributed by atoms with Crippen LogP contribution in [-0.2, 0) is 16.1 Å². The highest BCUT2D eigenvalue weighted by atomic mass is 16.5. The molecule has 1 aromatic carbocycles. The highest BCUT2D eigenvalue weighted by molar-refractivity contribution is 6.03. The van der Waals surface area contributed by atoms with Crippen LogP contribution in [-0.4, -0.2) is 40.8 Å². The molecule has 2 heterocycles. The number of hydrogen-bond donors (Lipinski definition) is 1. The highest BCUT2D eigenvalue weighted by Gasteiger charge is 2.19. The number of nitrogens with zero attached hydrogens (tertiary/aromatic N) is 2. The molecule has 2 aromatic heterocycles. The largest absolute Gasteiger partial charge is 0.466 e. The number of benzene rings is 1. The number of amides is 2. The Morgan fingerprint density at radius 3 is 2.71 bits per heavy atom. The predicted octanol–water partition coefficient (Wildman–Crippen LogP) is 3.52. The Morgan fingerprint density at radius 2 is 2.00 bits per heavy atom. The summed E-state index contributed by atoms with van der Waals surface area (Å²) in [6, 6.07) is 13.4. The average molecular weight is 421 g/mol. The first-order chi connectivity index (χ1) is 15.1. The van der Waals surface area contributed by atoms with E-state index in [-0.39, 0.29) is 43.8 Å². The standard InChI is InChI=1S/C23H23N3O5/c1-2-30-21(27)10-12-26(16-17-6-4-11-24-15-17)23(29)18-7-3-8-19(14-18)25-22(28)20-9-5-13-31-20/h3-9,11,13-15H,2,10,12,16H2,1H3,(H,25,28). The van der Waals surface area contributed by atoms with Crippen LogP contribution in [0.3, 0.4) is 0 Å². The average Bonchev–Trinajstić information content (AvgIpc) is 3.32. The lowest BCUT2D eigenvalue weighted by Gasteiger charge is -2.23. The van der Waals surface area contributed by atoms with Crippen LogP contribution >= 0.6 is 0 Å². The van der Waals surface area contributed by atoms with E-state index in [0.29, 0.717) is 11.3 Å². The molecule has 0 atom stereocenters. The number of carbonyl (C=O) groups is 3. The molecule has 0 aliphatic carbocycles. The van der Waals surface area contributed by atoms with Gasteiger partial charge in [-0.05, 0) is 48.9 Å². The van der Waals surface area contributed by atoms with Crippen molar-refractivity contribution < 1.29 is 23.5 Å². The Morgan fingerprint density at radius 1 is 1.13 bits per heavy atom. The zero-order chi connectivity index (χ0) is 22.1. The Hall–Kier alpha value is -3.94. The summed E-state index contributed by atoms with van der Waals surface area (Å²) in [6.07, 6.45) is 4.81. The van der Waals surface area contributed by atoms with Crippen molar-refractivity contribution in [1.29, 1.82) is 0 Å². The van der Waals surface area contributed by atoms with Crippen LogP contribution in [0.2, 0.25) is 0 Å². The van der Waals surface area contributed by atoms with E-state index < -0.39 is 5.91 Å². The monoisotopic (exact) mass is 421 g/mol. The van der Waals surface area contributed by atoms with Gasteiger partial charge in [-0.3, -0.25) is 19.4 Å². The molecular weight excluding hydrogens is 398 g/mol. The Bertz CT molecular complexity index is 1020. The van der Waals surface area contributed by atoms with Gasteiger partial charge in [0.2, 0.25) is 0 Å². The summed E-state index contributed by atoms with van der Waals surface area (Å²) in [4.78, 5) is 42.9. The lowest BCUT2D eigenvalue weighted by molar-refractivity contribution is -0.143. The zero-order valence-electron chi connectivity index (χ0n) is 17.1. The van der Waals surface area contributed by atoms with Crippen LogP contribution in [0.1, 0.15) is 39.8 Å². The molecular formula is C23H23N3O5. The highest BCUT2D eigenvalue weighted by Crippen LogP contribution is 2.16. The van der Waals surface area contributed by atoms with Crippen LogP contribution in [0, 0.1) is 0 Å². The number of rotatable bonds is 9. The SMILES string of the molecule is CCOC(=O)CCN(Cc1cccnc1)C(=O)c1cccc(NC(=O)c2ccco2)c1. The van der Waals surface area contributed by atoms with Gasteiger partial charge in [-0.2, -0.15) is 0 Å². The van der Waals surface area contributed by atoms with Crippen LogP contribution < -0.4 is 5.32 Å². The minimum atomic E-state index is -0.413. The molecule has 3 rings (SSSR count). The molecule has 160 valence electrons. The quantitative estimate of drug-likeness (QED) is 0.531. The maximum Gasteiger partial charge on any atom is 0.307 e. The fourth-order valence-corrected chi connectivity index (χ4v) is 2.94. The normalized spacial score (nSPS) is 10.4. The van der Waals surface area contributed by atoms with Crippen molar-refractivity contribution in [2.75, 3.05) is 18.5 Å². The van der Waals surface area contributed by atoms with E-state index in [2.05, 4.69) is 10.3 Å². The van der Waals surface area contributed by atoms with Gasteiger partial charge < -0.3 is 19.4 Å². The summed E-state index contributed by atoms with van der Waals surface area (Å²) in [7, 11) is 0. The number of furan rings is 1. The summed E-state index contributed by atoms with van der Waals surface area (Å²) in [6.45, 7) is 2.50. The van der Waals surface area contributed by atoms with E-state index in [1.54, 1.807) is 66.7 Å². The number of anilines is 1. The molecule has 2 amide bonds. The Labute approximate surface area is 179 Å². The number of aromatic nitrogens is 1. The molecule has 0 spiro atoms. The first kappa shape index (κ1) is 21.8. The molecule has 8 nitrogen and oxygen atoms in total. The van der Waals surface area contributed by atoms with Gasteiger partial charge in [0, 0.05) is 36.7 Å². The third kappa shape index (κ3) is 6.27. The molecule has 0 fully saturated rings. The number of nitrogens with one attached hydrogen (secondary N) is 1. The lowest BCUT2D eigenvalue weighted by Crippen LogP contribution is -2.33. The predicted molar refractivity (Wildman–Crippen MR) is 113 cm³/mol. The van der Waals surface area contributed by atoms with Crippen LogP contribution in [0.4, 0.5) is 5.69 Å². The first-order valence-electron chi connectivity index (χ1n) is 9.85. The summed E-state index contributed by atoms with van der Waals surface area (Å²) < 4.78 is 10.1.